The third kappa shape index (κ3) is 5.63. The van der Waals surface area contributed by atoms with Gasteiger partial charge in [-0.3, -0.25) is 0 Å². The fourth-order valence-corrected chi connectivity index (χ4v) is 6.56. The molecule has 2 aliphatic carbocycles. The van der Waals surface area contributed by atoms with Crippen LogP contribution in [-0.2, 0) is 0 Å². The van der Waals surface area contributed by atoms with Gasteiger partial charge >= 0.3 is 0 Å². The Morgan fingerprint density at radius 2 is 1.68 bits per heavy atom. The lowest BCUT2D eigenvalue weighted by Crippen LogP contribution is -2.31. The van der Waals surface area contributed by atoms with Crippen LogP contribution >= 0.6 is 0 Å². The van der Waals surface area contributed by atoms with Crippen LogP contribution in [0.5, 0.6) is 5.75 Å². The molecule has 0 aliphatic heterocycles. The molecule has 0 spiro atoms. The summed E-state index contributed by atoms with van der Waals surface area (Å²) in [7, 11) is 0. The first-order valence-corrected chi connectivity index (χ1v) is 13.4. The van der Waals surface area contributed by atoms with Gasteiger partial charge in [-0.15, -0.1) is 0 Å². The van der Waals surface area contributed by atoms with Crippen molar-refractivity contribution in [2.45, 2.75) is 89.9 Å². The Bertz CT molecular complexity index is 985. The number of unbranched alkanes of at least 4 members (excludes halogenated alkanes) is 4. The zero-order valence-electron chi connectivity index (χ0n) is 20.6. The molecule has 4 atom stereocenters. The third-order valence-electron chi connectivity index (χ3n) is 8.30. The predicted octanol–water partition coefficient (Wildman–Crippen LogP) is 9.48. The van der Waals surface area contributed by atoms with Crippen molar-refractivity contribution in [2.75, 3.05) is 6.61 Å². The van der Waals surface area contributed by atoms with E-state index in [-0.39, 0.29) is 34.6 Å². The molecule has 4 rings (SSSR count). The summed E-state index contributed by atoms with van der Waals surface area (Å²) >= 11 is 0. The van der Waals surface area contributed by atoms with Gasteiger partial charge in [0.15, 0.2) is 0 Å². The molecule has 0 amide bonds. The van der Waals surface area contributed by atoms with Crippen molar-refractivity contribution in [1.82, 2.24) is 0 Å². The average Bonchev–Trinajstić information content (AvgIpc) is 2.82. The fraction of sp³-hybridized carbons (Fsp3) is 0.600. The van der Waals surface area contributed by atoms with Gasteiger partial charge in [0.1, 0.15) is 29.8 Å². The first kappa shape index (κ1) is 25.1. The molecule has 0 aromatic heterocycles. The molecule has 186 valence electrons. The smallest absolute Gasteiger partial charge is 0.140 e. The monoisotopic (exact) mass is 472 g/mol. The number of ether oxygens (including phenoxy) is 1. The molecule has 0 saturated heterocycles. The summed E-state index contributed by atoms with van der Waals surface area (Å²) in [5, 5.41) is 0.0715. The second-order valence-electron chi connectivity index (χ2n) is 10.6. The SMILES string of the molecule is C=CCOc1cc(F)c2c(F)c([C@@H]3CC[C@@H]4CC(CCCCCCC)CCC4C3)c(F)cc2c1. The van der Waals surface area contributed by atoms with Crippen molar-refractivity contribution >= 4 is 10.8 Å². The van der Waals surface area contributed by atoms with E-state index in [1.54, 1.807) is 6.08 Å². The van der Waals surface area contributed by atoms with Crippen molar-refractivity contribution in [3.05, 3.63) is 53.9 Å². The van der Waals surface area contributed by atoms with Crippen LogP contribution in [0.1, 0.15) is 95.5 Å². The van der Waals surface area contributed by atoms with E-state index in [9.17, 15) is 4.39 Å². The normalized spacial score (nSPS) is 24.7. The van der Waals surface area contributed by atoms with E-state index < -0.39 is 17.5 Å². The van der Waals surface area contributed by atoms with E-state index in [1.807, 2.05) is 0 Å². The maximum absolute atomic E-state index is 15.5. The Balaban J connectivity index is 1.44. The van der Waals surface area contributed by atoms with Crippen LogP contribution in [0.3, 0.4) is 0 Å². The van der Waals surface area contributed by atoms with Gasteiger partial charge in [-0.1, -0.05) is 64.5 Å². The van der Waals surface area contributed by atoms with Gasteiger partial charge in [-0.2, -0.15) is 0 Å². The number of halogens is 3. The quantitative estimate of drug-likeness (QED) is 0.247. The van der Waals surface area contributed by atoms with Crippen LogP contribution < -0.4 is 4.74 Å². The summed E-state index contributed by atoms with van der Waals surface area (Å²) in [5.74, 6) is 0.110. The summed E-state index contributed by atoms with van der Waals surface area (Å²) in [6.07, 6.45) is 15.8. The zero-order valence-corrected chi connectivity index (χ0v) is 20.6. The molecule has 0 N–H and O–H groups in total. The van der Waals surface area contributed by atoms with Gasteiger partial charge in [0.25, 0.3) is 0 Å². The van der Waals surface area contributed by atoms with Crippen LogP contribution in [0.25, 0.3) is 10.8 Å². The Kier molecular flexibility index (Phi) is 8.60. The molecule has 0 bridgehead atoms. The van der Waals surface area contributed by atoms with Gasteiger partial charge in [0.2, 0.25) is 0 Å². The maximum Gasteiger partial charge on any atom is 0.140 e. The van der Waals surface area contributed by atoms with E-state index in [1.165, 1.54) is 69.6 Å². The van der Waals surface area contributed by atoms with Crippen molar-refractivity contribution in [2.24, 2.45) is 17.8 Å². The second kappa shape index (κ2) is 11.6. The molecular weight excluding hydrogens is 433 g/mol. The molecule has 4 heteroatoms. The van der Waals surface area contributed by atoms with Crippen LogP contribution in [0.2, 0.25) is 0 Å². The van der Waals surface area contributed by atoms with E-state index in [0.717, 1.165) is 31.6 Å². The molecule has 34 heavy (non-hydrogen) atoms. The summed E-state index contributed by atoms with van der Waals surface area (Å²) < 4.78 is 50.9. The van der Waals surface area contributed by atoms with Crippen LogP contribution in [0.4, 0.5) is 13.2 Å². The van der Waals surface area contributed by atoms with Gasteiger partial charge in [-0.05, 0) is 73.3 Å². The zero-order chi connectivity index (χ0) is 24.1. The van der Waals surface area contributed by atoms with Crippen LogP contribution in [0, 0.1) is 35.2 Å². The van der Waals surface area contributed by atoms with E-state index >= 15 is 8.78 Å². The average molecular weight is 473 g/mol. The Morgan fingerprint density at radius 1 is 0.912 bits per heavy atom. The summed E-state index contributed by atoms with van der Waals surface area (Å²) in [6.45, 7) is 6.03. The van der Waals surface area contributed by atoms with Gasteiger partial charge in [-0.25, -0.2) is 13.2 Å². The topological polar surface area (TPSA) is 9.23 Å². The molecule has 2 saturated carbocycles. The highest BCUT2D eigenvalue weighted by atomic mass is 19.1. The molecular formula is C30H39F3O. The number of fused-ring (bicyclic) bond motifs is 2. The Hall–Kier alpha value is -1.97. The summed E-state index contributed by atoms with van der Waals surface area (Å²) in [5.41, 5.74) is 0.0858. The summed E-state index contributed by atoms with van der Waals surface area (Å²) in [6, 6.07) is 3.95. The Morgan fingerprint density at radius 3 is 2.47 bits per heavy atom. The Labute approximate surface area is 202 Å². The van der Waals surface area contributed by atoms with Crippen molar-refractivity contribution in [3.63, 3.8) is 0 Å². The molecule has 2 aromatic rings. The van der Waals surface area contributed by atoms with Crippen molar-refractivity contribution in [1.29, 1.82) is 0 Å². The molecule has 2 aliphatic rings. The largest absolute Gasteiger partial charge is 0.489 e. The molecule has 2 aromatic carbocycles. The molecule has 2 fully saturated rings. The lowest BCUT2D eigenvalue weighted by Gasteiger charge is -2.42. The van der Waals surface area contributed by atoms with Gasteiger partial charge in [0.05, 0.1) is 5.39 Å². The first-order chi connectivity index (χ1) is 16.5. The van der Waals surface area contributed by atoms with Crippen molar-refractivity contribution in [3.8, 4) is 5.75 Å². The minimum atomic E-state index is -0.730. The van der Waals surface area contributed by atoms with E-state index in [2.05, 4.69) is 13.5 Å². The third-order valence-corrected chi connectivity index (χ3v) is 8.30. The molecule has 1 nitrogen and oxygen atoms in total. The second-order valence-corrected chi connectivity index (χ2v) is 10.6. The van der Waals surface area contributed by atoms with E-state index in [0.29, 0.717) is 11.8 Å². The minimum absolute atomic E-state index is 0.0858. The predicted molar refractivity (Wildman–Crippen MR) is 134 cm³/mol. The van der Waals surface area contributed by atoms with E-state index in [4.69, 9.17) is 4.74 Å². The highest BCUT2D eigenvalue weighted by molar-refractivity contribution is 5.86. The van der Waals surface area contributed by atoms with Crippen LogP contribution in [-0.4, -0.2) is 6.61 Å². The lowest BCUT2D eigenvalue weighted by atomic mass is 9.63. The number of hydrogen-bond donors (Lipinski definition) is 0. The molecule has 0 radical (unpaired) electrons. The van der Waals surface area contributed by atoms with Gasteiger partial charge < -0.3 is 4.74 Å². The highest BCUT2D eigenvalue weighted by Gasteiger charge is 2.37. The first-order valence-electron chi connectivity index (χ1n) is 13.4. The highest BCUT2D eigenvalue weighted by Crippen LogP contribution is 2.49. The van der Waals surface area contributed by atoms with Crippen molar-refractivity contribution < 1.29 is 17.9 Å². The van der Waals surface area contributed by atoms with Crippen LogP contribution in [0.15, 0.2) is 30.9 Å². The molecule has 0 heterocycles. The number of rotatable bonds is 10. The maximum atomic E-state index is 15.5. The minimum Gasteiger partial charge on any atom is -0.489 e. The lowest BCUT2D eigenvalue weighted by molar-refractivity contribution is 0.111. The number of hydrogen-bond acceptors (Lipinski definition) is 1. The van der Waals surface area contributed by atoms with Gasteiger partial charge in [0, 0.05) is 11.6 Å². The standard InChI is InChI=1S/C30H39F3O/c1-3-5-6-7-8-9-20-10-11-22-16-23(13-12-21(22)15-20)28-26(31)18-24-17-25(34-14-4-2)19-27(32)29(24)30(28)33/h4,17-23H,2-3,5-16H2,1H3/t20?,21-,22?,23-/m1/s1. The summed E-state index contributed by atoms with van der Waals surface area (Å²) in [4.78, 5) is 0. The fourth-order valence-electron chi connectivity index (χ4n) is 6.56. The molecule has 2 unspecified atom stereocenters. The number of benzene rings is 2.